The number of H-pyrrole nitrogens is 1. The quantitative estimate of drug-likeness (QED) is 0.494. The summed E-state index contributed by atoms with van der Waals surface area (Å²) in [6.07, 6.45) is 1.33. The van der Waals surface area contributed by atoms with Gasteiger partial charge in [-0.3, -0.25) is 4.79 Å². The molecular weight excluding hydrogens is 409 g/mol. The van der Waals surface area contributed by atoms with E-state index in [9.17, 15) is 14.0 Å². The summed E-state index contributed by atoms with van der Waals surface area (Å²) in [6.45, 7) is 0.194. The summed E-state index contributed by atoms with van der Waals surface area (Å²) in [4.78, 5) is 27.5. The predicted octanol–water partition coefficient (Wildman–Crippen LogP) is 3.94. The molecule has 0 aliphatic heterocycles. The Balaban J connectivity index is 1.66. The lowest BCUT2D eigenvalue weighted by atomic mass is 10.2. The minimum atomic E-state index is -0.661. The van der Waals surface area contributed by atoms with E-state index in [2.05, 4.69) is 10.1 Å². The van der Waals surface area contributed by atoms with E-state index >= 15 is 0 Å². The average Bonchev–Trinajstić information content (AvgIpc) is 2.74. The summed E-state index contributed by atoms with van der Waals surface area (Å²) in [5.41, 5.74) is 0.484. The normalized spacial score (nSPS) is 11.3. The molecule has 0 radical (unpaired) electrons. The monoisotopic (exact) mass is 423 g/mol. The minimum Gasteiger partial charge on any atom is -0.488 e. The van der Waals surface area contributed by atoms with Gasteiger partial charge in [-0.25, -0.2) is 9.18 Å². The maximum atomic E-state index is 13.1. The van der Waals surface area contributed by atoms with Gasteiger partial charge >= 0.3 is 5.69 Å². The van der Waals surface area contributed by atoms with Crippen molar-refractivity contribution < 1.29 is 9.13 Å². The van der Waals surface area contributed by atoms with Crippen molar-refractivity contribution in [1.29, 1.82) is 0 Å². The molecule has 1 N–H and O–H groups in total. The molecule has 0 spiro atoms. The highest BCUT2D eigenvalue weighted by Gasteiger charge is 2.08. The lowest BCUT2D eigenvalue weighted by molar-refractivity contribution is 0.305. The van der Waals surface area contributed by atoms with Crippen LogP contribution in [-0.2, 0) is 6.61 Å². The zero-order valence-electron chi connectivity index (χ0n) is 15.5. The van der Waals surface area contributed by atoms with Crippen molar-refractivity contribution in [3.8, 4) is 5.75 Å². The van der Waals surface area contributed by atoms with Crippen molar-refractivity contribution in [2.75, 3.05) is 0 Å². The molecule has 0 aliphatic rings. The van der Waals surface area contributed by atoms with E-state index in [4.69, 9.17) is 16.3 Å². The van der Waals surface area contributed by atoms with Crippen molar-refractivity contribution in [2.24, 2.45) is 5.10 Å². The maximum absolute atomic E-state index is 13.1. The SMILES string of the molecule is O=c1[nH]c2ccccc2c(=O)n1N=Cc1cc(Cl)ccc1OCc1ccc(F)cc1. The van der Waals surface area contributed by atoms with Crippen LogP contribution in [0.15, 0.2) is 81.4 Å². The van der Waals surface area contributed by atoms with Gasteiger partial charge in [0.05, 0.1) is 17.1 Å². The number of nitrogens with one attached hydrogen (secondary N) is 1. The van der Waals surface area contributed by atoms with Crippen LogP contribution in [0.5, 0.6) is 5.75 Å². The smallest absolute Gasteiger partial charge is 0.349 e. The van der Waals surface area contributed by atoms with Crippen LogP contribution in [0.4, 0.5) is 4.39 Å². The fourth-order valence-corrected chi connectivity index (χ4v) is 3.05. The molecule has 0 atom stereocenters. The largest absolute Gasteiger partial charge is 0.488 e. The highest BCUT2D eigenvalue weighted by molar-refractivity contribution is 6.30. The van der Waals surface area contributed by atoms with Gasteiger partial charge in [0.15, 0.2) is 0 Å². The summed E-state index contributed by atoms with van der Waals surface area (Å²) in [5, 5.41) is 4.82. The molecule has 0 saturated carbocycles. The lowest BCUT2D eigenvalue weighted by Crippen LogP contribution is -2.32. The molecule has 8 heteroatoms. The molecule has 150 valence electrons. The molecule has 0 bridgehead atoms. The number of hydrogen-bond donors (Lipinski definition) is 1. The number of hydrogen-bond acceptors (Lipinski definition) is 4. The van der Waals surface area contributed by atoms with Crippen LogP contribution in [0.25, 0.3) is 10.9 Å². The Hall–Kier alpha value is -3.71. The Morgan fingerprint density at radius 3 is 2.63 bits per heavy atom. The number of aromatic nitrogens is 2. The number of fused-ring (bicyclic) bond motifs is 1. The van der Waals surface area contributed by atoms with Gasteiger partial charge in [-0.2, -0.15) is 5.10 Å². The number of para-hydroxylation sites is 1. The molecule has 0 amide bonds. The Labute approximate surface area is 174 Å². The first-order valence-electron chi connectivity index (χ1n) is 8.96. The maximum Gasteiger partial charge on any atom is 0.349 e. The molecule has 1 aromatic heterocycles. The van der Waals surface area contributed by atoms with E-state index in [0.29, 0.717) is 27.2 Å². The van der Waals surface area contributed by atoms with Crippen LogP contribution in [0, 0.1) is 5.82 Å². The number of halogens is 2. The first-order chi connectivity index (χ1) is 14.5. The summed E-state index contributed by atoms with van der Waals surface area (Å²) in [7, 11) is 0. The first kappa shape index (κ1) is 19.6. The van der Waals surface area contributed by atoms with Crippen LogP contribution < -0.4 is 16.0 Å². The van der Waals surface area contributed by atoms with E-state index < -0.39 is 11.2 Å². The zero-order chi connectivity index (χ0) is 21.1. The molecule has 4 rings (SSSR count). The fraction of sp³-hybridized carbons (Fsp3) is 0.0455. The zero-order valence-corrected chi connectivity index (χ0v) is 16.3. The number of ether oxygens (including phenoxy) is 1. The number of benzene rings is 3. The highest BCUT2D eigenvalue weighted by Crippen LogP contribution is 2.22. The highest BCUT2D eigenvalue weighted by atomic mass is 35.5. The van der Waals surface area contributed by atoms with E-state index in [1.807, 2.05) is 0 Å². The molecule has 6 nitrogen and oxygen atoms in total. The topological polar surface area (TPSA) is 76.5 Å². The van der Waals surface area contributed by atoms with E-state index in [1.165, 1.54) is 18.3 Å². The van der Waals surface area contributed by atoms with Gasteiger partial charge in [-0.05, 0) is 48.0 Å². The molecule has 0 aliphatic carbocycles. The predicted molar refractivity (Wildman–Crippen MR) is 114 cm³/mol. The van der Waals surface area contributed by atoms with Gasteiger partial charge in [-0.1, -0.05) is 35.9 Å². The second kappa shape index (κ2) is 8.34. The molecule has 0 saturated heterocycles. The van der Waals surface area contributed by atoms with Crippen molar-refractivity contribution in [3.05, 3.63) is 110 Å². The average molecular weight is 424 g/mol. The third-order valence-corrected chi connectivity index (χ3v) is 4.61. The Morgan fingerprint density at radius 1 is 1.07 bits per heavy atom. The molecule has 3 aromatic carbocycles. The molecular formula is C22H15ClFN3O3. The van der Waals surface area contributed by atoms with Crippen LogP contribution in [-0.4, -0.2) is 15.9 Å². The number of rotatable bonds is 5. The molecule has 0 unspecified atom stereocenters. The molecule has 0 fully saturated rings. The van der Waals surface area contributed by atoms with Crippen LogP contribution in [0.2, 0.25) is 5.02 Å². The third-order valence-electron chi connectivity index (χ3n) is 4.38. The van der Waals surface area contributed by atoms with E-state index in [-0.39, 0.29) is 12.4 Å². The molecule has 4 aromatic rings. The van der Waals surface area contributed by atoms with E-state index in [1.54, 1.807) is 54.6 Å². The second-order valence-electron chi connectivity index (χ2n) is 6.43. The van der Waals surface area contributed by atoms with Gasteiger partial charge in [-0.15, -0.1) is 4.68 Å². The van der Waals surface area contributed by atoms with E-state index in [0.717, 1.165) is 10.2 Å². The molecule has 30 heavy (non-hydrogen) atoms. The minimum absolute atomic E-state index is 0.194. The standard InChI is InChI=1S/C22H15ClFN3O3/c23-16-7-10-20(30-13-14-5-8-17(24)9-6-14)15(11-16)12-25-27-21(28)18-3-1-2-4-19(18)26-22(27)29/h1-12H,13H2,(H,26,29). The van der Waals surface area contributed by atoms with Crippen LogP contribution in [0.3, 0.4) is 0 Å². The van der Waals surface area contributed by atoms with Crippen molar-refractivity contribution >= 4 is 28.7 Å². The summed E-state index contributed by atoms with van der Waals surface area (Å²) in [5.74, 6) is 0.113. The lowest BCUT2D eigenvalue weighted by Gasteiger charge is -2.10. The van der Waals surface area contributed by atoms with Crippen LogP contribution >= 0.6 is 11.6 Å². The van der Waals surface area contributed by atoms with Gasteiger partial charge in [0.25, 0.3) is 5.56 Å². The van der Waals surface area contributed by atoms with Gasteiger partial charge in [0.2, 0.25) is 0 Å². The first-order valence-corrected chi connectivity index (χ1v) is 9.34. The molecule has 1 heterocycles. The summed E-state index contributed by atoms with van der Waals surface area (Å²) >= 11 is 6.08. The van der Waals surface area contributed by atoms with Gasteiger partial charge in [0, 0.05) is 10.6 Å². The van der Waals surface area contributed by atoms with Crippen molar-refractivity contribution in [2.45, 2.75) is 6.61 Å². The van der Waals surface area contributed by atoms with Gasteiger partial charge < -0.3 is 9.72 Å². The van der Waals surface area contributed by atoms with Crippen LogP contribution in [0.1, 0.15) is 11.1 Å². The number of nitrogens with zero attached hydrogens (tertiary/aromatic N) is 2. The Kier molecular flexibility index (Phi) is 5.45. The third kappa shape index (κ3) is 4.16. The fourth-order valence-electron chi connectivity index (χ4n) is 2.87. The van der Waals surface area contributed by atoms with Gasteiger partial charge in [0.1, 0.15) is 18.2 Å². The second-order valence-corrected chi connectivity index (χ2v) is 6.87. The van der Waals surface area contributed by atoms with Crippen molar-refractivity contribution in [1.82, 2.24) is 9.66 Å². The van der Waals surface area contributed by atoms with Crippen molar-refractivity contribution in [3.63, 3.8) is 0 Å². The summed E-state index contributed by atoms with van der Waals surface area (Å²) < 4.78 is 19.6. The Morgan fingerprint density at radius 2 is 1.83 bits per heavy atom. The summed E-state index contributed by atoms with van der Waals surface area (Å²) in [6, 6.07) is 17.5. The Bertz CT molecular complexity index is 1360. The number of aromatic amines is 1.